The lowest BCUT2D eigenvalue weighted by Gasteiger charge is -1.62. The molecule has 10 heavy (non-hydrogen) atoms. The largest absolute Gasteiger partial charge is 0.352 e. The van der Waals surface area contributed by atoms with Gasteiger partial charge >= 0.3 is 6.03 Å². The lowest BCUT2D eigenvalue weighted by molar-refractivity contribution is -0.122. The van der Waals surface area contributed by atoms with Gasteiger partial charge in [-0.15, -0.1) is 0 Å². The topological polar surface area (TPSA) is 120 Å². The summed E-state index contributed by atoms with van der Waals surface area (Å²) >= 11 is 0. The van der Waals surface area contributed by atoms with Gasteiger partial charge in [0.15, 0.2) is 12.6 Å². The van der Waals surface area contributed by atoms with Crippen LogP contribution in [0, 0.1) is 0 Å². The van der Waals surface area contributed by atoms with Crippen LogP contribution in [0.5, 0.6) is 0 Å². The van der Waals surface area contributed by atoms with Crippen LogP contribution < -0.4 is 11.5 Å². The van der Waals surface area contributed by atoms with Crippen LogP contribution in [-0.2, 0) is 14.4 Å². The van der Waals surface area contributed by atoms with Crippen molar-refractivity contribution in [2.24, 2.45) is 11.5 Å². The van der Waals surface area contributed by atoms with Crippen molar-refractivity contribution in [3.05, 3.63) is 0 Å². The van der Waals surface area contributed by atoms with E-state index < -0.39 is 6.03 Å². The molecule has 0 spiro atoms. The number of rotatable bonds is 1. The zero-order valence-corrected chi connectivity index (χ0v) is 5.15. The normalized spacial score (nSPS) is 4.80. The summed E-state index contributed by atoms with van der Waals surface area (Å²) in [5.74, 6) is 0. The molecule has 0 saturated heterocycles. The van der Waals surface area contributed by atoms with E-state index in [2.05, 4.69) is 11.5 Å². The number of nitrogens with two attached hydrogens (primary N) is 2. The number of carbonyl (C=O) groups excluding carboxylic acids is 4. The first kappa shape index (κ1) is 15.7. The molecule has 6 heteroatoms. The van der Waals surface area contributed by atoms with Crippen molar-refractivity contribution in [2.75, 3.05) is 0 Å². The Morgan fingerprint density at radius 3 is 1.20 bits per heavy atom. The van der Waals surface area contributed by atoms with Gasteiger partial charge in [0.25, 0.3) is 0 Å². The molecule has 0 aliphatic carbocycles. The lowest BCUT2D eigenvalue weighted by atomic mass is 10.9. The first-order valence-corrected chi connectivity index (χ1v) is 1.87. The van der Waals surface area contributed by atoms with Gasteiger partial charge in [-0.25, -0.2) is 4.79 Å². The molecule has 0 heterocycles. The minimum absolute atomic E-state index is 0.194. The SMILES string of the molecule is C=O.NC(N)=O.O=CC=O. The second kappa shape index (κ2) is 26.7. The zero-order valence-electron chi connectivity index (χ0n) is 5.15. The molecule has 0 unspecified atom stereocenters. The first-order valence-electron chi connectivity index (χ1n) is 1.87. The van der Waals surface area contributed by atoms with E-state index in [0.29, 0.717) is 0 Å². The number of urea groups is 1. The number of aldehydes is 2. The van der Waals surface area contributed by atoms with E-state index in [1.807, 2.05) is 6.79 Å². The van der Waals surface area contributed by atoms with E-state index in [1.54, 1.807) is 0 Å². The molecule has 0 aromatic heterocycles. The summed E-state index contributed by atoms with van der Waals surface area (Å²) < 4.78 is 0. The molecule has 0 saturated carbocycles. The van der Waals surface area contributed by atoms with Crippen molar-refractivity contribution in [2.45, 2.75) is 0 Å². The fourth-order valence-corrected chi connectivity index (χ4v) is 0. The van der Waals surface area contributed by atoms with Crippen LogP contribution in [0.3, 0.4) is 0 Å². The molecule has 6 nitrogen and oxygen atoms in total. The third-order valence-corrected chi connectivity index (χ3v) is 0.0556. The number of hydrogen-bond donors (Lipinski definition) is 2. The van der Waals surface area contributed by atoms with E-state index in [1.165, 1.54) is 0 Å². The fourth-order valence-electron chi connectivity index (χ4n) is 0. The van der Waals surface area contributed by atoms with Crippen LogP contribution >= 0.6 is 0 Å². The summed E-state index contributed by atoms with van der Waals surface area (Å²) in [6, 6.07) is -0.833. The minimum atomic E-state index is -0.833. The van der Waals surface area contributed by atoms with Gasteiger partial charge in [-0.1, -0.05) is 0 Å². The van der Waals surface area contributed by atoms with Gasteiger partial charge in [0, 0.05) is 0 Å². The quantitative estimate of drug-likeness (QED) is 0.337. The van der Waals surface area contributed by atoms with Crippen LogP contribution in [0.4, 0.5) is 4.79 Å². The number of amides is 2. The van der Waals surface area contributed by atoms with Crippen LogP contribution in [-0.4, -0.2) is 25.4 Å². The van der Waals surface area contributed by atoms with Crippen LogP contribution in [0.1, 0.15) is 0 Å². The average Bonchev–Trinajstić information content (AvgIpc) is 1.91. The molecule has 0 rings (SSSR count). The second-order valence-corrected chi connectivity index (χ2v) is 0.675. The maximum atomic E-state index is 9.00. The third kappa shape index (κ3) is 338. The van der Waals surface area contributed by atoms with Crippen molar-refractivity contribution in [3.63, 3.8) is 0 Å². The Bertz CT molecular complexity index is 93.4. The summed E-state index contributed by atoms with van der Waals surface area (Å²) in [4.78, 5) is 34.6. The highest BCUT2D eigenvalue weighted by molar-refractivity contribution is 6.09. The van der Waals surface area contributed by atoms with Gasteiger partial charge < -0.3 is 16.3 Å². The van der Waals surface area contributed by atoms with Gasteiger partial charge in [-0.05, 0) is 0 Å². The van der Waals surface area contributed by atoms with E-state index in [9.17, 15) is 0 Å². The summed E-state index contributed by atoms with van der Waals surface area (Å²) in [5, 5.41) is 0. The third-order valence-electron chi connectivity index (χ3n) is 0.0556. The summed E-state index contributed by atoms with van der Waals surface area (Å²) in [6.45, 7) is 2.00. The highest BCUT2D eigenvalue weighted by atomic mass is 16.2. The van der Waals surface area contributed by atoms with Gasteiger partial charge in [-0.3, -0.25) is 9.59 Å². The second-order valence-electron chi connectivity index (χ2n) is 0.675. The molecule has 0 aromatic carbocycles. The van der Waals surface area contributed by atoms with Crippen LogP contribution in [0.15, 0.2) is 0 Å². The van der Waals surface area contributed by atoms with Crippen LogP contribution in [0.2, 0.25) is 0 Å². The van der Waals surface area contributed by atoms with E-state index in [0.717, 1.165) is 0 Å². The molecule has 58 valence electrons. The van der Waals surface area contributed by atoms with Crippen LogP contribution in [0.25, 0.3) is 0 Å². The predicted octanol–water partition coefficient (Wildman–Crippen LogP) is -1.78. The summed E-state index contributed by atoms with van der Waals surface area (Å²) in [5.41, 5.74) is 8.50. The lowest BCUT2D eigenvalue weighted by Crippen LogP contribution is -2.18. The molecule has 0 bridgehead atoms. The van der Waals surface area contributed by atoms with Gasteiger partial charge in [0.2, 0.25) is 0 Å². The Balaban J connectivity index is -0.0000000787. The van der Waals surface area contributed by atoms with Gasteiger partial charge in [0.1, 0.15) is 6.79 Å². The Kier molecular flexibility index (Phi) is 42.0. The van der Waals surface area contributed by atoms with Gasteiger partial charge in [0.05, 0.1) is 0 Å². The first-order chi connectivity index (χ1) is 4.65. The van der Waals surface area contributed by atoms with Crippen molar-refractivity contribution < 1.29 is 19.2 Å². The molecule has 0 fully saturated rings. The molecule has 0 aromatic rings. The molecule has 0 radical (unpaired) electrons. The maximum absolute atomic E-state index is 9.00. The summed E-state index contributed by atoms with van der Waals surface area (Å²) in [7, 11) is 0. The highest BCUT2D eigenvalue weighted by Crippen LogP contribution is 1.25. The average molecular weight is 148 g/mol. The smallest absolute Gasteiger partial charge is 0.309 e. The van der Waals surface area contributed by atoms with E-state index in [4.69, 9.17) is 19.2 Å². The molecule has 0 aliphatic heterocycles. The molecule has 0 aliphatic rings. The summed E-state index contributed by atoms with van der Waals surface area (Å²) in [6.07, 6.45) is 0.389. The Hall–Kier alpha value is -1.72. The molecular formula is C4H8N2O4. The molecule has 4 N–H and O–H groups in total. The number of carbonyl (C=O) groups is 4. The van der Waals surface area contributed by atoms with Crippen molar-refractivity contribution in [3.8, 4) is 0 Å². The maximum Gasteiger partial charge on any atom is 0.309 e. The van der Waals surface area contributed by atoms with E-state index >= 15 is 0 Å². The zero-order chi connectivity index (χ0) is 8.99. The standard InChI is InChI=1S/C2H2O2.CH4N2O.CH2O/c3-1-2-4;2-1(3)4;1-2/h1-2H;(H4,2,3,4);1H2. The van der Waals surface area contributed by atoms with Crippen molar-refractivity contribution >= 4 is 25.4 Å². The molecular weight excluding hydrogens is 140 g/mol. The Labute approximate surface area is 57.2 Å². The Morgan fingerprint density at radius 2 is 1.20 bits per heavy atom. The number of primary amides is 2. The van der Waals surface area contributed by atoms with Crippen molar-refractivity contribution in [1.82, 2.24) is 0 Å². The monoisotopic (exact) mass is 148 g/mol. The fraction of sp³-hybridized carbons (Fsp3) is 0. The van der Waals surface area contributed by atoms with E-state index in [-0.39, 0.29) is 12.6 Å². The minimum Gasteiger partial charge on any atom is -0.352 e. The molecule has 0 atom stereocenters. The van der Waals surface area contributed by atoms with Gasteiger partial charge in [-0.2, -0.15) is 0 Å². The highest BCUT2D eigenvalue weighted by Gasteiger charge is 1.60. The van der Waals surface area contributed by atoms with Crippen molar-refractivity contribution in [1.29, 1.82) is 0 Å². The molecule has 2 amide bonds. The number of hydrogen-bond acceptors (Lipinski definition) is 4. The predicted molar refractivity (Wildman–Crippen MR) is 33.0 cm³/mol. The Morgan fingerprint density at radius 1 is 1.10 bits per heavy atom.